The van der Waals surface area contributed by atoms with Crippen LogP contribution in [-0.2, 0) is 0 Å². The van der Waals surface area contributed by atoms with Crippen LogP contribution < -0.4 is 4.90 Å². The van der Waals surface area contributed by atoms with Crippen molar-refractivity contribution in [1.29, 1.82) is 10.5 Å². The molecular weight excluding hydrogens is 510 g/mol. The number of allylic oxidation sites excluding steroid dienone is 6. The fourth-order valence-corrected chi connectivity index (χ4v) is 6.64. The first-order valence-corrected chi connectivity index (χ1v) is 14.5. The first-order valence-electron chi connectivity index (χ1n) is 14.5. The highest BCUT2D eigenvalue weighted by atomic mass is 15.1. The Labute approximate surface area is 249 Å². The Morgan fingerprint density at radius 1 is 0.714 bits per heavy atom. The number of nitriles is 2. The Kier molecular flexibility index (Phi) is 7.35. The SMILES string of the molecule is CC1(C)CC(=C(C#N)C#N)C=C2C=C(c3ccc(N(c4ccccc4)c4ccccc4)cc3-c3ccccc3)CCC21. The van der Waals surface area contributed by atoms with Gasteiger partial charge in [-0.05, 0) is 100 Å². The molecule has 1 unspecified atom stereocenters. The maximum Gasteiger partial charge on any atom is 0.132 e. The number of hydrogen-bond acceptors (Lipinski definition) is 3. The van der Waals surface area contributed by atoms with Gasteiger partial charge in [0.05, 0.1) is 0 Å². The summed E-state index contributed by atoms with van der Waals surface area (Å²) in [6, 6.07) is 42.6. The van der Waals surface area contributed by atoms with E-state index in [1.54, 1.807) is 0 Å². The second kappa shape index (κ2) is 11.4. The van der Waals surface area contributed by atoms with Crippen molar-refractivity contribution in [3.05, 3.63) is 144 Å². The number of hydrogen-bond donors (Lipinski definition) is 0. The van der Waals surface area contributed by atoms with Crippen LogP contribution in [0.1, 0.15) is 38.7 Å². The van der Waals surface area contributed by atoms with Gasteiger partial charge in [-0.1, -0.05) is 98.8 Å². The van der Waals surface area contributed by atoms with E-state index in [1.165, 1.54) is 27.8 Å². The number of nitrogens with zero attached hydrogens (tertiary/aromatic N) is 3. The van der Waals surface area contributed by atoms with Crippen molar-refractivity contribution >= 4 is 22.6 Å². The quantitative estimate of drug-likeness (QED) is 0.235. The van der Waals surface area contributed by atoms with Gasteiger partial charge in [-0.2, -0.15) is 10.5 Å². The highest BCUT2D eigenvalue weighted by Crippen LogP contribution is 2.51. The molecule has 0 fully saturated rings. The molecule has 0 radical (unpaired) electrons. The molecule has 6 rings (SSSR count). The van der Waals surface area contributed by atoms with Crippen LogP contribution >= 0.6 is 0 Å². The third-order valence-electron chi connectivity index (χ3n) is 8.64. The first kappa shape index (κ1) is 27.1. The second-order valence-electron chi connectivity index (χ2n) is 11.8. The van der Waals surface area contributed by atoms with E-state index in [-0.39, 0.29) is 11.0 Å². The van der Waals surface area contributed by atoms with E-state index in [0.29, 0.717) is 5.92 Å². The fraction of sp³-hybridized carbons (Fsp3) is 0.179. The lowest BCUT2D eigenvalue weighted by Gasteiger charge is -2.42. The molecule has 0 aromatic heterocycles. The summed E-state index contributed by atoms with van der Waals surface area (Å²) >= 11 is 0. The normalized spacial score (nSPS) is 17.1. The zero-order valence-electron chi connectivity index (χ0n) is 24.1. The van der Waals surface area contributed by atoms with Crippen molar-refractivity contribution in [2.24, 2.45) is 11.3 Å². The van der Waals surface area contributed by atoms with E-state index < -0.39 is 0 Å². The van der Waals surface area contributed by atoms with Gasteiger partial charge in [0, 0.05) is 17.1 Å². The van der Waals surface area contributed by atoms with Crippen LogP contribution in [0.5, 0.6) is 0 Å². The van der Waals surface area contributed by atoms with Gasteiger partial charge in [0.2, 0.25) is 0 Å². The zero-order valence-corrected chi connectivity index (χ0v) is 24.1. The molecule has 0 amide bonds. The molecule has 0 saturated carbocycles. The van der Waals surface area contributed by atoms with Crippen molar-refractivity contribution in [1.82, 2.24) is 0 Å². The van der Waals surface area contributed by atoms with Crippen molar-refractivity contribution in [2.75, 3.05) is 4.90 Å². The molecule has 0 saturated heterocycles. The van der Waals surface area contributed by atoms with Gasteiger partial charge in [0.15, 0.2) is 0 Å². The van der Waals surface area contributed by atoms with Gasteiger partial charge in [0.25, 0.3) is 0 Å². The molecule has 3 heteroatoms. The second-order valence-corrected chi connectivity index (χ2v) is 11.8. The number of anilines is 3. The zero-order chi connectivity index (χ0) is 29.1. The van der Waals surface area contributed by atoms with Crippen LogP contribution in [0.25, 0.3) is 16.7 Å². The average Bonchev–Trinajstić information content (AvgIpc) is 3.03. The molecule has 4 aromatic carbocycles. The van der Waals surface area contributed by atoms with Gasteiger partial charge in [0.1, 0.15) is 17.7 Å². The molecule has 4 aromatic rings. The standard InChI is InChI=1S/C39H33N3/c1-39(2)25-31(32(26-40)27-41)23-30-22-29(18-21-38(30)39)36-20-19-35(24-37(36)28-12-6-3-7-13-28)42(33-14-8-4-9-15-33)34-16-10-5-11-17-34/h3-17,19-20,22-24,38H,18,21,25H2,1-2H3. The Bertz CT molecular complexity index is 1720. The predicted octanol–water partition coefficient (Wildman–Crippen LogP) is 10.3. The summed E-state index contributed by atoms with van der Waals surface area (Å²) in [5, 5.41) is 19.2. The molecule has 3 nitrogen and oxygen atoms in total. The predicted molar refractivity (Wildman–Crippen MR) is 172 cm³/mol. The minimum absolute atomic E-state index is 0.0155. The molecule has 0 bridgehead atoms. The van der Waals surface area contributed by atoms with E-state index in [1.807, 2.05) is 12.1 Å². The smallest absolute Gasteiger partial charge is 0.132 e. The minimum atomic E-state index is -0.0155. The van der Waals surface area contributed by atoms with Crippen LogP contribution in [0.2, 0.25) is 0 Å². The molecule has 0 spiro atoms. The molecule has 42 heavy (non-hydrogen) atoms. The van der Waals surface area contributed by atoms with Crippen LogP contribution in [0.3, 0.4) is 0 Å². The van der Waals surface area contributed by atoms with E-state index >= 15 is 0 Å². The Morgan fingerprint density at radius 2 is 1.31 bits per heavy atom. The lowest BCUT2D eigenvalue weighted by Crippen LogP contribution is -2.31. The van der Waals surface area contributed by atoms with Crippen molar-refractivity contribution in [3.63, 3.8) is 0 Å². The molecule has 0 aliphatic heterocycles. The lowest BCUT2D eigenvalue weighted by atomic mass is 9.62. The number of fused-ring (bicyclic) bond motifs is 1. The summed E-state index contributed by atoms with van der Waals surface area (Å²) in [5.74, 6) is 0.398. The van der Waals surface area contributed by atoms with E-state index in [2.05, 4.69) is 140 Å². The Morgan fingerprint density at radius 3 is 1.90 bits per heavy atom. The summed E-state index contributed by atoms with van der Waals surface area (Å²) in [5.41, 5.74) is 10.5. The van der Waals surface area contributed by atoms with E-state index in [9.17, 15) is 10.5 Å². The van der Waals surface area contributed by atoms with Gasteiger partial charge < -0.3 is 4.90 Å². The molecule has 0 heterocycles. The summed E-state index contributed by atoms with van der Waals surface area (Å²) in [6.45, 7) is 4.53. The monoisotopic (exact) mass is 543 g/mol. The van der Waals surface area contributed by atoms with Crippen molar-refractivity contribution in [2.45, 2.75) is 33.1 Å². The van der Waals surface area contributed by atoms with E-state index in [4.69, 9.17) is 0 Å². The van der Waals surface area contributed by atoms with Gasteiger partial charge in [-0.15, -0.1) is 0 Å². The van der Waals surface area contributed by atoms with Crippen molar-refractivity contribution in [3.8, 4) is 23.3 Å². The molecule has 1 atom stereocenters. The Balaban J connectivity index is 1.51. The van der Waals surface area contributed by atoms with Crippen LogP contribution in [0.15, 0.2) is 138 Å². The van der Waals surface area contributed by atoms with Crippen LogP contribution in [0.4, 0.5) is 17.1 Å². The molecule has 2 aliphatic carbocycles. The van der Waals surface area contributed by atoms with Gasteiger partial charge >= 0.3 is 0 Å². The highest BCUT2D eigenvalue weighted by molar-refractivity contribution is 5.88. The molecule has 0 N–H and O–H groups in total. The number of rotatable bonds is 5. The maximum absolute atomic E-state index is 9.59. The van der Waals surface area contributed by atoms with E-state index in [0.717, 1.165) is 41.9 Å². The molecule has 2 aliphatic rings. The topological polar surface area (TPSA) is 50.8 Å². The van der Waals surface area contributed by atoms with Gasteiger partial charge in [-0.3, -0.25) is 0 Å². The average molecular weight is 544 g/mol. The minimum Gasteiger partial charge on any atom is -0.310 e. The number of para-hydroxylation sites is 2. The summed E-state index contributed by atoms with van der Waals surface area (Å²) in [4.78, 5) is 2.30. The third-order valence-corrected chi connectivity index (χ3v) is 8.64. The largest absolute Gasteiger partial charge is 0.310 e. The third kappa shape index (κ3) is 5.18. The summed E-state index contributed by atoms with van der Waals surface area (Å²) in [7, 11) is 0. The first-order chi connectivity index (χ1) is 20.5. The maximum atomic E-state index is 9.59. The molecular formula is C39H33N3. The van der Waals surface area contributed by atoms with Crippen LogP contribution in [0, 0.1) is 34.0 Å². The summed E-state index contributed by atoms with van der Waals surface area (Å²) in [6.07, 6.45) is 7.21. The number of benzene rings is 4. The molecule has 204 valence electrons. The Hall–Kier alpha value is -5.12. The fourth-order valence-electron chi connectivity index (χ4n) is 6.64. The van der Waals surface area contributed by atoms with Gasteiger partial charge in [-0.25, -0.2) is 0 Å². The van der Waals surface area contributed by atoms with Crippen molar-refractivity contribution < 1.29 is 0 Å². The highest BCUT2D eigenvalue weighted by Gasteiger charge is 2.38. The van der Waals surface area contributed by atoms with Crippen LogP contribution in [-0.4, -0.2) is 0 Å². The summed E-state index contributed by atoms with van der Waals surface area (Å²) < 4.78 is 0. The lowest BCUT2D eigenvalue weighted by molar-refractivity contribution is 0.227.